The molecule has 1 heterocycles. The highest BCUT2D eigenvalue weighted by atomic mass is 19.1. The average molecular weight is 390 g/mol. The van der Waals surface area contributed by atoms with Gasteiger partial charge in [0.15, 0.2) is 5.78 Å². The Kier molecular flexibility index (Phi) is 6.02. The Morgan fingerprint density at radius 2 is 1.64 bits per heavy atom. The van der Waals surface area contributed by atoms with Crippen molar-refractivity contribution >= 4 is 17.4 Å². The number of hydrogen-bond donors (Lipinski definition) is 0. The minimum atomic E-state index is -0.532. The highest BCUT2D eigenvalue weighted by molar-refractivity contribution is 5.94. The third-order valence-corrected chi connectivity index (χ3v) is 4.94. The van der Waals surface area contributed by atoms with Crippen LogP contribution < -0.4 is 4.90 Å². The van der Waals surface area contributed by atoms with Crippen LogP contribution >= 0.6 is 0 Å². The monoisotopic (exact) mass is 390 g/mol. The Labute approximate surface area is 161 Å². The molecule has 4 nitrogen and oxygen atoms in total. The summed E-state index contributed by atoms with van der Waals surface area (Å²) in [5.41, 5.74) is 0.901. The maximum absolute atomic E-state index is 14.3. The first-order valence-corrected chi connectivity index (χ1v) is 9.12. The van der Waals surface area contributed by atoms with E-state index in [0.717, 1.165) is 18.2 Å². The summed E-state index contributed by atoms with van der Waals surface area (Å²) in [5, 5.41) is 0. The van der Waals surface area contributed by atoms with E-state index in [9.17, 15) is 22.8 Å². The van der Waals surface area contributed by atoms with Gasteiger partial charge in [-0.25, -0.2) is 13.2 Å². The van der Waals surface area contributed by atoms with Gasteiger partial charge in [-0.15, -0.1) is 0 Å². The molecule has 1 amide bonds. The maximum atomic E-state index is 14.3. The molecule has 0 radical (unpaired) electrons. The van der Waals surface area contributed by atoms with Gasteiger partial charge < -0.3 is 9.80 Å². The van der Waals surface area contributed by atoms with Crippen LogP contribution in [0.4, 0.5) is 18.9 Å². The molecule has 0 aromatic heterocycles. The minimum absolute atomic E-state index is 0.0854. The molecule has 0 saturated carbocycles. The lowest BCUT2D eigenvalue weighted by Gasteiger charge is -2.36. The Balaban J connectivity index is 1.55. The zero-order valence-electron chi connectivity index (χ0n) is 15.6. The summed E-state index contributed by atoms with van der Waals surface area (Å²) in [6, 6.07) is 7.60. The zero-order valence-corrected chi connectivity index (χ0v) is 15.6. The normalized spacial score (nSPS) is 14.3. The van der Waals surface area contributed by atoms with E-state index in [1.165, 1.54) is 13.0 Å². The van der Waals surface area contributed by atoms with Gasteiger partial charge in [0.25, 0.3) is 0 Å². The Morgan fingerprint density at radius 1 is 0.929 bits per heavy atom. The lowest BCUT2D eigenvalue weighted by atomic mass is 10.1. The van der Waals surface area contributed by atoms with Gasteiger partial charge in [0.1, 0.15) is 17.5 Å². The SMILES string of the molecule is CC(=O)c1ccc(N2CCN(C(=O)CCc3cc(F)ccc3F)CC2)c(F)c1. The maximum Gasteiger partial charge on any atom is 0.223 e. The topological polar surface area (TPSA) is 40.6 Å². The fourth-order valence-corrected chi connectivity index (χ4v) is 3.31. The summed E-state index contributed by atoms with van der Waals surface area (Å²) >= 11 is 0. The molecule has 1 aliphatic heterocycles. The number of nitrogens with zero attached hydrogens (tertiary/aromatic N) is 2. The van der Waals surface area contributed by atoms with Gasteiger partial charge in [-0.1, -0.05) is 0 Å². The predicted molar refractivity (Wildman–Crippen MR) is 99.9 cm³/mol. The second-order valence-electron chi connectivity index (χ2n) is 6.83. The molecule has 0 bridgehead atoms. The standard InChI is InChI=1S/C21H21F3N2O2/c1-14(27)15-2-6-20(19(24)13-15)25-8-10-26(11-9-25)21(28)7-3-16-12-17(22)4-5-18(16)23/h2,4-6,12-13H,3,7-11H2,1H3. The van der Waals surface area contributed by atoms with Crippen molar-refractivity contribution in [3.05, 3.63) is 65.0 Å². The smallest absolute Gasteiger partial charge is 0.223 e. The molecule has 2 aromatic carbocycles. The van der Waals surface area contributed by atoms with Crippen molar-refractivity contribution in [2.45, 2.75) is 19.8 Å². The van der Waals surface area contributed by atoms with E-state index < -0.39 is 17.5 Å². The zero-order chi connectivity index (χ0) is 20.3. The second-order valence-corrected chi connectivity index (χ2v) is 6.83. The number of amides is 1. The van der Waals surface area contributed by atoms with Crippen LogP contribution in [0.25, 0.3) is 0 Å². The van der Waals surface area contributed by atoms with Gasteiger partial charge in [-0.3, -0.25) is 9.59 Å². The summed E-state index contributed by atoms with van der Waals surface area (Å²) in [6.07, 6.45) is 0.214. The molecule has 3 rings (SSSR count). The molecule has 1 aliphatic rings. The van der Waals surface area contributed by atoms with Crippen LogP contribution in [-0.4, -0.2) is 42.8 Å². The number of halogens is 3. The van der Waals surface area contributed by atoms with Crippen LogP contribution in [0.1, 0.15) is 29.3 Å². The summed E-state index contributed by atoms with van der Waals surface area (Å²) in [5.74, 6) is -1.86. The summed E-state index contributed by atoms with van der Waals surface area (Å²) in [7, 11) is 0. The number of piperazine rings is 1. The van der Waals surface area contributed by atoms with Crippen molar-refractivity contribution in [2.24, 2.45) is 0 Å². The summed E-state index contributed by atoms with van der Waals surface area (Å²) in [4.78, 5) is 27.2. The van der Waals surface area contributed by atoms with Crippen LogP contribution in [-0.2, 0) is 11.2 Å². The number of rotatable bonds is 5. The van der Waals surface area contributed by atoms with Crippen LogP contribution in [0.2, 0.25) is 0 Å². The highest BCUT2D eigenvalue weighted by Crippen LogP contribution is 2.22. The van der Waals surface area contributed by atoms with Crippen molar-refractivity contribution in [1.82, 2.24) is 4.90 Å². The molecule has 1 saturated heterocycles. The number of carbonyl (C=O) groups excluding carboxylic acids is 2. The quantitative estimate of drug-likeness (QED) is 0.733. The lowest BCUT2D eigenvalue weighted by molar-refractivity contribution is -0.131. The van der Waals surface area contributed by atoms with Crippen molar-refractivity contribution in [3.8, 4) is 0 Å². The van der Waals surface area contributed by atoms with E-state index in [0.29, 0.717) is 37.4 Å². The second kappa shape index (κ2) is 8.46. The average Bonchev–Trinajstić information content (AvgIpc) is 2.68. The third kappa shape index (κ3) is 4.52. The Hall–Kier alpha value is -2.83. The van der Waals surface area contributed by atoms with E-state index in [2.05, 4.69) is 0 Å². The molecule has 0 N–H and O–H groups in total. The molecule has 7 heteroatoms. The van der Waals surface area contributed by atoms with Gasteiger partial charge in [-0.2, -0.15) is 0 Å². The summed E-state index contributed by atoms with van der Waals surface area (Å²) in [6.45, 7) is 3.12. The van der Waals surface area contributed by atoms with Crippen LogP contribution in [0.5, 0.6) is 0 Å². The van der Waals surface area contributed by atoms with Crippen molar-refractivity contribution in [2.75, 3.05) is 31.1 Å². The predicted octanol–water partition coefficient (Wildman–Crippen LogP) is 3.59. The molecule has 0 aliphatic carbocycles. The number of anilines is 1. The molecule has 148 valence electrons. The van der Waals surface area contributed by atoms with E-state index >= 15 is 0 Å². The Morgan fingerprint density at radius 3 is 2.29 bits per heavy atom. The fraction of sp³-hybridized carbons (Fsp3) is 0.333. The van der Waals surface area contributed by atoms with Gasteiger partial charge in [0, 0.05) is 38.2 Å². The molecule has 0 atom stereocenters. The molecular weight excluding hydrogens is 369 g/mol. The number of carbonyl (C=O) groups is 2. The molecule has 1 fully saturated rings. The van der Waals surface area contributed by atoms with Gasteiger partial charge in [0.2, 0.25) is 5.91 Å². The highest BCUT2D eigenvalue weighted by Gasteiger charge is 2.23. The third-order valence-electron chi connectivity index (χ3n) is 4.94. The number of aryl methyl sites for hydroxylation is 1. The summed E-state index contributed by atoms with van der Waals surface area (Å²) < 4.78 is 41.2. The number of hydrogen-bond acceptors (Lipinski definition) is 3. The van der Waals surface area contributed by atoms with Gasteiger partial charge in [0.05, 0.1) is 5.69 Å². The lowest BCUT2D eigenvalue weighted by Crippen LogP contribution is -2.49. The number of ketones is 1. The van der Waals surface area contributed by atoms with Crippen LogP contribution in [0.3, 0.4) is 0 Å². The fourth-order valence-electron chi connectivity index (χ4n) is 3.31. The van der Waals surface area contributed by atoms with Crippen molar-refractivity contribution in [3.63, 3.8) is 0 Å². The van der Waals surface area contributed by atoms with Gasteiger partial charge >= 0.3 is 0 Å². The largest absolute Gasteiger partial charge is 0.366 e. The molecule has 28 heavy (non-hydrogen) atoms. The van der Waals surface area contributed by atoms with E-state index in [4.69, 9.17) is 0 Å². The first kappa shape index (κ1) is 19.9. The molecule has 0 unspecified atom stereocenters. The molecule has 0 spiro atoms. The minimum Gasteiger partial charge on any atom is -0.366 e. The first-order chi connectivity index (χ1) is 13.3. The van der Waals surface area contributed by atoms with Gasteiger partial charge in [-0.05, 0) is 55.3 Å². The Bertz CT molecular complexity index is 893. The molecule has 2 aromatic rings. The number of Topliss-reactive ketones (excluding diaryl/α,β-unsaturated/α-hetero) is 1. The van der Waals surface area contributed by atoms with E-state index in [1.807, 2.05) is 4.90 Å². The van der Waals surface area contributed by atoms with E-state index in [-0.39, 0.29) is 30.1 Å². The van der Waals surface area contributed by atoms with E-state index in [1.54, 1.807) is 17.0 Å². The van der Waals surface area contributed by atoms with Crippen molar-refractivity contribution < 1.29 is 22.8 Å². The number of benzene rings is 2. The van der Waals surface area contributed by atoms with Crippen molar-refractivity contribution in [1.29, 1.82) is 0 Å². The molecular formula is C21H21F3N2O2. The first-order valence-electron chi connectivity index (χ1n) is 9.12. The van der Waals surface area contributed by atoms with Crippen LogP contribution in [0, 0.1) is 17.5 Å². The van der Waals surface area contributed by atoms with Crippen LogP contribution in [0.15, 0.2) is 36.4 Å².